The van der Waals surface area contributed by atoms with Crippen molar-refractivity contribution in [2.45, 2.75) is 38.8 Å². The van der Waals surface area contributed by atoms with E-state index in [0.29, 0.717) is 22.3 Å². The minimum absolute atomic E-state index is 0.0413. The van der Waals surface area contributed by atoms with Gasteiger partial charge >= 0.3 is 24.1 Å². The van der Waals surface area contributed by atoms with Crippen molar-refractivity contribution in [1.82, 2.24) is 0 Å². The van der Waals surface area contributed by atoms with Crippen molar-refractivity contribution in [3.63, 3.8) is 0 Å². The van der Waals surface area contributed by atoms with Crippen LogP contribution in [0.15, 0.2) is 109 Å². The maximum Gasteiger partial charge on any atom is 0.416 e. The lowest BCUT2D eigenvalue weighted by atomic mass is 9.79. The zero-order valence-corrected chi connectivity index (χ0v) is 28.2. The van der Waals surface area contributed by atoms with Gasteiger partial charge in [-0.2, -0.15) is 13.2 Å². The molecule has 0 saturated carbocycles. The number of carbonyl (C=O) groups is 4. The summed E-state index contributed by atoms with van der Waals surface area (Å²) in [4.78, 5) is 52.1. The van der Waals surface area contributed by atoms with Crippen LogP contribution in [0.25, 0.3) is 11.1 Å². The van der Waals surface area contributed by atoms with Crippen LogP contribution in [0.5, 0.6) is 5.75 Å². The van der Waals surface area contributed by atoms with Crippen LogP contribution in [-0.4, -0.2) is 43.6 Å². The molecule has 4 rings (SSSR count). The molecule has 4 aromatic carbocycles. The van der Waals surface area contributed by atoms with Gasteiger partial charge in [0.25, 0.3) is 5.91 Å². The van der Waals surface area contributed by atoms with Gasteiger partial charge < -0.3 is 24.3 Å². The van der Waals surface area contributed by atoms with Gasteiger partial charge in [0, 0.05) is 12.5 Å². The lowest BCUT2D eigenvalue weighted by Crippen LogP contribution is -2.45. The van der Waals surface area contributed by atoms with Gasteiger partial charge in [-0.15, -0.1) is 0 Å². The normalized spacial score (nSPS) is 12.2. The molecule has 1 N–H and O–H groups in total. The molecule has 0 bridgehead atoms. The third-order valence-corrected chi connectivity index (χ3v) is 7.73. The summed E-state index contributed by atoms with van der Waals surface area (Å²) in [7, 11) is 0. The Morgan fingerprint density at radius 1 is 0.765 bits per heavy atom. The fourth-order valence-electron chi connectivity index (χ4n) is 5.28. The summed E-state index contributed by atoms with van der Waals surface area (Å²) >= 11 is 0. The first-order valence-corrected chi connectivity index (χ1v) is 15.9. The Bertz CT molecular complexity index is 1870. The first-order chi connectivity index (χ1) is 24.3. The third kappa shape index (κ3) is 9.21. The molecule has 0 aliphatic heterocycles. The van der Waals surface area contributed by atoms with Crippen molar-refractivity contribution >= 4 is 29.5 Å². The minimum atomic E-state index is -4.51. The molecule has 0 aliphatic rings. The van der Waals surface area contributed by atoms with Crippen LogP contribution in [0.1, 0.15) is 47.8 Å². The van der Waals surface area contributed by atoms with E-state index in [-0.39, 0.29) is 42.4 Å². The minimum Gasteiger partial charge on any atom is -0.497 e. The van der Waals surface area contributed by atoms with Gasteiger partial charge in [0.2, 0.25) is 0 Å². The van der Waals surface area contributed by atoms with Crippen molar-refractivity contribution in [2.24, 2.45) is 0 Å². The van der Waals surface area contributed by atoms with E-state index in [9.17, 15) is 32.3 Å². The number of benzene rings is 4. The molecule has 0 aromatic heterocycles. The molecule has 51 heavy (non-hydrogen) atoms. The number of nitrogens with one attached hydrogen (secondary N) is 1. The number of amides is 1. The van der Waals surface area contributed by atoms with Gasteiger partial charge in [0.15, 0.2) is 11.2 Å². The summed E-state index contributed by atoms with van der Waals surface area (Å²) in [5.41, 5.74) is -0.685. The molecule has 0 spiro atoms. The van der Waals surface area contributed by atoms with E-state index in [1.807, 2.05) is 0 Å². The Labute approximate surface area is 293 Å². The van der Waals surface area contributed by atoms with Crippen molar-refractivity contribution in [3.05, 3.63) is 132 Å². The molecular formula is C39H36F3NO8. The van der Waals surface area contributed by atoms with E-state index in [1.165, 1.54) is 36.4 Å². The van der Waals surface area contributed by atoms with E-state index < -0.39 is 47.6 Å². The Morgan fingerprint density at radius 3 is 2.04 bits per heavy atom. The Morgan fingerprint density at radius 2 is 1.41 bits per heavy atom. The van der Waals surface area contributed by atoms with Gasteiger partial charge in [-0.05, 0) is 66.4 Å². The van der Waals surface area contributed by atoms with E-state index in [2.05, 4.69) is 11.9 Å². The summed E-state index contributed by atoms with van der Waals surface area (Å²) < 4.78 is 61.3. The van der Waals surface area contributed by atoms with Crippen LogP contribution in [0.2, 0.25) is 0 Å². The summed E-state index contributed by atoms with van der Waals surface area (Å²) in [6.07, 6.45) is -4.83. The average Bonchev–Trinajstić information content (AvgIpc) is 3.10. The van der Waals surface area contributed by atoms with E-state index in [0.717, 1.165) is 19.1 Å². The van der Waals surface area contributed by atoms with Crippen molar-refractivity contribution in [2.75, 3.05) is 25.1 Å². The number of alkyl halides is 3. The SMILES string of the molecule is C=C(OCC)C(COC(=O)Cc1ccc(NC(=O)c2ccccc2-c2ccc(C(F)(F)F)cc2)c(OC(C)=O)c1)(C(=O)OCC)c1ccccc1. The largest absolute Gasteiger partial charge is 0.497 e. The molecule has 1 atom stereocenters. The Hall–Kier alpha value is -5.91. The molecule has 0 aliphatic carbocycles. The van der Waals surface area contributed by atoms with Crippen molar-refractivity contribution < 1.29 is 51.3 Å². The Balaban J connectivity index is 1.56. The van der Waals surface area contributed by atoms with Crippen LogP contribution in [0.3, 0.4) is 0 Å². The number of hydrogen-bond acceptors (Lipinski definition) is 8. The zero-order valence-electron chi connectivity index (χ0n) is 28.2. The Kier molecular flexibility index (Phi) is 12.4. The maximum atomic E-state index is 13.5. The maximum absolute atomic E-state index is 13.5. The lowest BCUT2D eigenvalue weighted by molar-refractivity contribution is -0.157. The van der Waals surface area contributed by atoms with Gasteiger partial charge in [-0.1, -0.05) is 73.3 Å². The van der Waals surface area contributed by atoms with E-state index >= 15 is 0 Å². The van der Waals surface area contributed by atoms with Crippen LogP contribution >= 0.6 is 0 Å². The summed E-state index contributed by atoms with van der Waals surface area (Å²) in [6, 6.07) is 23.6. The topological polar surface area (TPSA) is 117 Å². The quantitative estimate of drug-likeness (QED) is 0.0808. The molecule has 0 heterocycles. The van der Waals surface area contributed by atoms with Crippen LogP contribution in [0.4, 0.5) is 18.9 Å². The summed E-state index contributed by atoms with van der Waals surface area (Å²) in [5.74, 6) is -2.80. The fourth-order valence-corrected chi connectivity index (χ4v) is 5.28. The number of rotatable bonds is 14. The number of carbonyl (C=O) groups excluding carboxylic acids is 4. The second-order valence-electron chi connectivity index (χ2n) is 11.2. The van der Waals surface area contributed by atoms with Gasteiger partial charge in [-0.25, -0.2) is 0 Å². The van der Waals surface area contributed by atoms with Crippen molar-refractivity contribution in [3.8, 4) is 16.9 Å². The summed E-state index contributed by atoms with van der Waals surface area (Å²) in [6.45, 7) is 8.27. The van der Waals surface area contributed by atoms with Crippen LogP contribution in [-0.2, 0) is 46.6 Å². The van der Waals surface area contributed by atoms with Crippen LogP contribution < -0.4 is 10.1 Å². The van der Waals surface area contributed by atoms with Gasteiger partial charge in [0.1, 0.15) is 12.4 Å². The van der Waals surface area contributed by atoms with Crippen molar-refractivity contribution in [1.29, 1.82) is 0 Å². The predicted molar refractivity (Wildman–Crippen MR) is 183 cm³/mol. The molecule has 0 saturated heterocycles. The molecule has 1 unspecified atom stereocenters. The highest BCUT2D eigenvalue weighted by Crippen LogP contribution is 2.36. The zero-order chi connectivity index (χ0) is 37.2. The predicted octanol–water partition coefficient (Wildman–Crippen LogP) is 7.69. The lowest BCUT2D eigenvalue weighted by Gasteiger charge is -2.32. The molecule has 1 amide bonds. The number of anilines is 1. The van der Waals surface area contributed by atoms with Crippen LogP contribution in [0, 0.1) is 0 Å². The van der Waals surface area contributed by atoms with Gasteiger partial charge in [0.05, 0.1) is 30.9 Å². The second-order valence-corrected chi connectivity index (χ2v) is 11.2. The molecule has 9 nitrogen and oxygen atoms in total. The summed E-state index contributed by atoms with van der Waals surface area (Å²) in [5, 5.41) is 2.68. The molecule has 0 fully saturated rings. The molecule has 0 radical (unpaired) electrons. The molecule has 4 aromatic rings. The highest BCUT2D eigenvalue weighted by molar-refractivity contribution is 6.09. The average molecular weight is 704 g/mol. The first kappa shape index (κ1) is 37.9. The van der Waals surface area contributed by atoms with Gasteiger partial charge in [-0.3, -0.25) is 19.2 Å². The standard InChI is InChI=1S/C39H36F3NO8/c1-5-48-25(3)38(37(47)49-6-2,29-12-8-7-9-13-29)24-50-35(45)23-27-16-21-33(34(22-27)51-26(4)44)43-36(46)32-15-11-10-14-31(32)28-17-19-30(20-18-28)39(40,41)42/h7-22H,3,5-6,23-24H2,1-2,4H3,(H,43,46). The number of ether oxygens (including phenoxy) is 4. The highest BCUT2D eigenvalue weighted by Gasteiger charge is 2.48. The van der Waals surface area contributed by atoms with E-state index in [1.54, 1.807) is 62.4 Å². The van der Waals surface area contributed by atoms with E-state index in [4.69, 9.17) is 18.9 Å². The number of esters is 3. The third-order valence-electron chi connectivity index (χ3n) is 7.73. The fraction of sp³-hybridized carbons (Fsp3) is 0.231. The molecular weight excluding hydrogens is 667 g/mol. The molecule has 266 valence electrons. The number of hydrogen-bond donors (Lipinski definition) is 1. The highest BCUT2D eigenvalue weighted by atomic mass is 19.4. The molecule has 12 heteroatoms. The second kappa shape index (κ2) is 16.7. The smallest absolute Gasteiger partial charge is 0.416 e. The first-order valence-electron chi connectivity index (χ1n) is 15.9. The number of halogens is 3. The monoisotopic (exact) mass is 703 g/mol.